The van der Waals surface area contributed by atoms with Crippen LogP contribution in [0.2, 0.25) is 0 Å². The molecule has 0 spiro atoms. The zero-order chi connectivity index (χ0) is 24.7. The van der Waals surface area contributed by atoms with E-state index >= 15 is 8.78 Å². The molecule has 5 rings (SSSR count). The van der Waals surface area contributed by atoms with E-state index in [1.807, 2.05) is 30.3 Å². The van der Waals surface area contributed by atoms with Gasteiger partial charge in [0.1, 0.15) is 11.3 Å². The molecule has 1 aliphatic carbocycles. The first kappa shape index (κ1) is 23.0. The molecule has 1 saturated carbocycles. The van der Waals surface area contributed by atoms with Gasteiger partial charge in [0.15, 0.2) is 11.6 Å². The van der Waals surface area contributed by atoms with Crippen molar-refractivity contribution in [3.8, 4) is 0 Å². The topological polar surface area (TPSA) is 110 Å². The zero-order valence-corrected chi connectivity index (χ0v) is 18.7. The summed E-state index contributed by atoms with van der Waals surface area (Å²) in [4.78, 5) is 31.2. The number of hydrogen-bond donors (Lipinski definition) is 3. The van der Waals surface area contributed by atoms with E-state index in [0.717, 1.165) is 30.7 Å². The Morgan fingerprint density at radius 2 is 1.97 bits per heavy atom. The van der Waals surface area contributed by atoms with Crippen LogP contribution in [0.25, 0.3) is 10.9 Å². The van der Waals surface area contributed by atoms with Crippen LogP contribution in [0.5, 0.6) is 0 Å². The lowest BCUT2D eigenvalue weighted by atomic mass is 10.1. The van der Waals surface area contributed by atoms with E-state index in [4.69, 9.17) is 10.6 Å². The van der Waals surface area contributed by atoms with Crippen LogP contribution in [0.4, 0.5) is 14.5 Å². The van der Waals surface area contributed by atoms with E-state index in [1.54, 1.807) is 6.20 Å². The van der Waals surface area contributed by atoms with Gasteiger partial charge in [-0.15, -0.1) is 0 Å². The lowest BCUT2D eigenvalue weighted by Gasteiger charge is -2.21. The van der Waals surface area contributed by atoms with Gasteiger partial charge in [-0.1, -0.05) is 30.3 Å². The van der Waals surface area contributed by atoms with Crippen LogP contribution in [0.3, 0.4) is 0 Å². The summed E-state index contributed by atoms with van der Waals surface area (Å²) in [6.07, 6.45) is 4.13. The summed E-state index contributed by atoms with van der Waals surface area (Å²) in [6.45, 7) is 0.705. The molecule has 1 aliphatic heterocycles. The lowest BCUT2D eigenvalue weighted by Crippen LogP contribution is -2.28. The molecule has 4 N–H and O–H groups in total. The van der Waals surface area contributed by atoms with Crippen LogP contribution >= 0.6 is 0 Å². The van der Waals surface area contributed by atoms with Crippen molar-refractivity contribution in [2.75, 3.05) is 18.0 Å². The van der Waals surface area contributed by atoms with Gasteiger partial charge in [0.2, 0.25) is 5.43 Å². The number of nitrogens with zero attached hydrogens (tertiary/aromatic N) is 2. The summed E-state index contributed by atoms with van der Waals surface area (Å²) < 4.78 is 32.6. The van der Waals surface area contributed by atoms with Crippen molar-refractivity contribution in [2.45, 2.75) is 25.5 Å². The number of halogens is 2. The molecule has 1 atom stereocenters. The third-order valence-corrected chi connectivity index (χ3v) is 6.35. The van der Waals surface area contributed by atoms with Crippen molar-refractivity contribution >= 4 is 22.6 Å². The third kappa shape index (κ3) is 4.26. The van der Waals surface area contributed by atoms with E-state index in [2.05, 4.69) is 5.48 Å². The maximum absolute atomic E-state index is 15.9. The Balaban J connectivity index is 1.51. The van der Waals surface area contributed by atoms with Crippen LogP contribution in [-0.4, -0.2) is 28.7 Å². The molecule has 1 aromatic heterocycles. The van der Waals surface area contributed by atoms with Gasteiger partial charge in [-0.25, -0.2) is 13.6 Å². The average molecular weight is 482 g/mol. The van der Waals surface area contributed by atoms with Crippen molar-refractivity contribution in [2.24, 2.45) is 11.7 Å². The number of aromatic nitrogens is 1. The minimum atomic E-state index is -1.43. The van der Waals surface area contributed by atoms with Gasteiger partial charge < -0.3 is 20.3 Å². The predicted octanol–water partition coefficient (Wildman–Crippen LogP) is 3.27. The second kappa shape index (κ2) is 9.12. The summed E-state index contributed by atoms with van der Waals surface area (Å²) in [5.41, 5.74) is 8.42. The van der Waals surface area contributed by atoms with Crippen LogP contribution in [-0.2, 0) is 11.4 Å². The fourth-order valence-corrected chi connectivity index (χ4v) is 4.39. The molecule has 0 bridgehead atoms. The average Bonchev–Trinajstić information content (AvgIpc) is 3.61. The quantitative estimate of drug-likeness (QED) is 0.423. The second-order valence-electron chi connectivity index (χ2n) is 8.78. The van der Waals surface area contributed by atoms with Crippen LogP contribution in [0.1, 0.15) is 34.8 Å². The van der Waals surface area contributed by atoms with Gasteiger partial charge in [-0.3, -0.25) is 15.1 Å². The maximum Gasteiger partial charge on any atom is 0.341 e. The predicted molar refractivity (Wildman–Crippen MR) is 126 cm³/mol. The number of benzene rings is 2. The number of nitrogens with two attached hydrogens (primary N) is 1. The Morgan fingerprint density at radius 3 is 2.63 bits per heavy atom. The number of hydrogen-bond acceptors (Lipinski definition) is 6. The molecule has 8 nitrogen and oxygen atoms in total. The fraction of sp³-hybridized carbons (Fsp3) is 0.280. The van der Waals surface area contributed by atoms with Gasteiger partial charge >= 0.3 is 5.97 Å². The molecule has 2 aromatic carbocycles. The smallest absolute Gasteiger partial charge is 0.341 e. The lowest BCUT2D eigenvalue weighted by molar-refractivity contribution is 0.0440. The van der Waals surface area contributed by atoms with E-state index in [1.165, 1.54) is 9.47 Å². The molecule has 35 heavy (non-hydrogen) atoms. The van der Waals surface area contributed by atoms with Gasteiger partial charge in [-0.2, -0.15) is 0 Å². The van der Waals surface area contributed by atoms with Gasteiger partial charge in [0.25, 0.3) is 0 Å². The number of fused-ring (bicyclic) bond motifs is 1. The first-order valence-electron chi connectivity index (χ1n) is 11.3. The number of nitrogens with one attached hydrogen (secondary N) is 1. The maximum atomic E-state index is 15.9. The Morgan fingerprint density at radius 1 is 1.23 bits per heavy atom. The summed E-state index contributed by atoms with van der Waals surface area (Å²) in [6, 6.07) is 10.3. The summed E-state index contributed by atoms with van der Waals surface area (Å²) in [5.74, 6) is -3.58. The van der Waals surface area contributed by atoms with Gasteiger partial charge in [-0.05, 0) is 24.5 Å². The summed E-state index contributed by atoms with van der Waals surface area (Å²) in [5, 5.41) is 9.11. The van der Waals surface area contributed by atoms with E-state index in [9.17, 15) is 14.7 Å². The molecular weight excluding hydrogens is 458 g/mol. The number of carboxylic acids is 1. The van der Waals surface area contributed by atoms with Gasteiger partial charge in [0.05, 0.1) is 23.2 Å². The SMILES string of the molecule is NCC1CN(c2c(F)cc3c(=O)c(C(=O)O)cn(C4CC4)c3c2F)C=C1NOCc1ccccc1. The minimum absolute atomic E-state index is 0.0988. The third-order valence-electron chi connectivity index (χ3n) is 6.35. The van der Waals surface area contributed by atoms with Crippen molar-refractivity contribution in [1.29, 1.82) is 0 Å². The van der Waals surface area contributed by atoms with Gasteiger partial charge in [0, 0.05) is 37.4 Å². The number of aromatic carboxylic acids is 1. The Kier molecular flexibility index (Phi) is 6.00. The monoisotopic (exact) mass is 482 g/mol. The first-order valence-corrected chi connectivity index (χ1v) is 11.3. The highest BCUT2D eigenvalue weighted by Gasteiger charge is 2.33. The van der Waals surface area contributed by atoms with Crippen molar-refractivity contribution in [1.82, 2.24) is 10.0 Å². The summed E-state index contributed by atoms with van der Waals surface area (Å²) in [7, 11) is 0. The Hall–Kier alpha value is -3.76. The van der Waals surface area contributed by atoms with Crippen LogP contribution < -0.4 is 21.5 Å². The molecule has 1 fully saturated rings. The minimum Gasteiger partial charge on any atom is -0.477 e. The molecule has 2 heterocycles. The normalized spacial score (nSPS) is 17.6. The summed E-state index contributed by atoms with van der Waals surface area (Å²) >= 11 is 0. The number of hydroxylamine groups is 1. The standard InChI is InChI=1S/C25H24F2N4O4/c26-19-8-17-22(31(16-6-7-16)11-18(24(17)32)25(33)34)21(27)23(19)30-10-15(9-28)20(12-30)29-35-13-14-4-2-1-3-5-14/h1-5,8,11-12,15-16,29H,6-7,9-10,13,28H2,(H,33,34). The zero-order valence-electron chi connectivity index (χ0n) is 18.7. The number of carbonyl (C=O) groups is 1. The van der Waals surface area contributed by atoms with Crippen molar-refractivity contribution in [3.63, 3.8) is 0 Å². The number of pyridine rings is 1. The number of carboxylic acid groups (broad SMARTS) is 1. The number of anilines is 1. The fourth-order valence-electron chi connectivity index (χ4n) is 4.39. The van der Waals surface area contributed by atoms with Crippen LogP contribution in [0.15, 0.2) is 59.3 Å². The molecule has 182 valence electrons. The van der Waals surface area contributed by atoms with E-state index < -0.39 is 28.6 Å². The van der Waals surface area contributed by atoms with E-state index in [0.29, 0.717) is 5.70 Å². The van der Waals surface area contributed by atoms with Crippen LogP contribution in [0, 0.1) is 17.6 Å². The highest BCUT2D eigenvalue weighted by atomic mass is 19.1. The first-order chi connectivity index (χ1) is 16.9. The second-order valence-corrected chi connectivity index (χ2v) is 8.78. The molecule has 2 aliphatic rings. The Labute approximate surface area is 199 Å². The molecule has 0 radical (unpaired) electrons. The molecule has 0 saturated heterocycles. The highest BCUT2D eigenvalue weighted by molar-refractivity contribution is 5.94. The molecular formula is C25H24F2N4O4. The molecule has 10 heteroatoms. The number of rotatable bonds is 8. The molecule has 1 unspecified atom stereocenters. The molecule has 3 aromatic rings. The Bertz CT molecular complexity index is 1390. The largest absolute Gasteiger partial charge is 0.477 e. The molecule has 0 amide bonds. The van der Waals surface area contributed by atoms with Crippen molar-refractivity contribution < 1.29 is 23.5 Å². The van der Waals surface area contributed by atoms with E-state index in [-0.39, 0.29) is 48.2 Å². The highest BCUT2D eigenvalue weighted by Crippen LogP contribution is 2.40. The van der Waals surface area contributed by atoms with Crippen molar-refractivity contribution in [3.05, 3.63) is 87.5 Å².